The zero-order valence-corrected chi connectivity index (χ0v) is 18.0. The molecular weight excluding hydrogens is 408 g/mol. The van der Waals surface area contributed by atoms with Gasteiger partial charge in [0.25, 0.3) is 15.9 Å². The number of hydrogen-bond acceptors (Lipinski definition) is 6. The number of benzene rings is 1. The molecule has 2 aliphatic heterocycles. The Morgan fingerprint density at radius 2 is 1.80 bits per heavy atom. The van der Waals surface area contributed by atoms with Crippen molar-refractivity contribution in [1.82, 2.24) is 9.21 Å². The SMILES string of the molecule is CC1(C)COCN1C(=O)c1ccc(OCc2ccc(S(=O)(=O)N3CCCC3)o2)cc1. The number of carbonyl (C=O) groups is 1. The minimum absolute atomic E-state index is 0.0561. The van der Waals surface area contributed by atoms with E-state index >= 15 is 0 Å². The Morgan fingerprint density at radius 1 is 1.10 bits per heavy atom. The van der Waals surface area contributed by atoms with E-state index in [0.717, 1.165) is 12.8 Å². The van der Waals surface area contributed by atoms with Gasteiger partial charge in [-0.05, 0) is 63.1 Å². The van der Waals surface area contributed by atoms with Crippen LogP contribution in [0.25, 0.3) is 0 Å². The molecule has 0 spiro atoms. The van der Waals surface area contributed by atoms with Gasteiger partial charge in [0.15, 0.2) is 0 Å². The summed E-state index contributed by atoms with van der Waals surface area (Å²) in [5.74, 6) is 0.888. The van der Waals surface area contributed by atoms with E-state index in [2.05, 4.69) is 0 Å². The molecule has 0 atom stereocenters. The first-order chi connectivity index (χ1) is 14.3. The highest BCUT2D eigenvalue weighted by atomic mass is 32.2. The first-order valence-corrected chi connectivity index (χ1v) is 11.4. The maximum Gasteiger partial charge on any atom is 0.276 e. The average molecular weight is 435 g/mol. The van der Waals surface area contributed by atoms with Crippen molar-refractivity contribution in [2.75, 3.05) is 26.4 Å². The largest absolute Gasteiger partial charge is 0.486 e. The monoisotopic (exact) mass is 434 g/mol. The lowest BCUT2D eigenvalue weighted by Crippen LogP contribution is -2.44. The molecular formula is C21H26N2O6S. The van der Waals surface area contributed by atoms with Crippen LogP contribution >= 0.6 is 0 Å². The highest BCUT2D eigenvalue weighted by Crippen LogP contribution is 2.26. The molecule has 8 nitrogen and oxygen atoms in total. The molecule has 0 bridgehead atoms. The molecule has 1 amide bonds. The zero-order chi connectivity index (χ0) is 21.4. The lowest BCUT2D eigenvalue weighted by molar-refractivity contribution is 0.0605. The minimum atomic E-state index is -3.57. The quantitative estimate of drug-likeness (QED) is 0.695. The molecule has 2 aromatic rings. The minimum Gasteiger partial charge on any atom is -0.486 e. The van der Waals surface area contributed by atoms with Gasteiger partial charge in [0.2, 0.25) is 5.09 Å². The summed E-state index contributed by atoms with van der Waals surface area (Å²) in [6.07, 6.45) is 1.74. The van der Waals surface area contributed by atoms with E-state index in [1.165, 1.54) is 10.4 Å². The van der Waals surface area contributed by atoms with Gasteiger partial charge < -0.3 is 18.8 Å². The highest BCUT2D eigenvalue weighted by Gasteiger charge is 2.37. The van der Waals surface area contributed by atoms with Crippen LogP contribution in [-0.2, 0) is 21.4 Å². The Hall–Kier alpha value is -2.36. The van der Waals surface area contributed by atoms with Gasteiger partial charge in [-0.15, -0.1) is 0 Å². The smallest absolute Gasteiger partial charge is 0.276 e. The van der Waals surface area contributed by atoms with Crippen LogP contribution < -0.4 is 4.74 Å². The number of carbonyl (C=O) groups excluding carboxylic acids is 1. The van der Waals surface area contributed by atoms with Crippen molar-refractivity contribution in [1.29, 1.82) is 0 Å². The summed E-state index contributed by atoms with van der Waals surface area (Å²) in [6.45, 7) is 5.88. The van der Waals surface area contributed by atoms with E-state index in [-0.39, 0.29) is 29.9 Å². The van der Waals surface area contributed by atoms with Crippen LogP contribution in [-0.4, -0.2) is 55.5 Å². The van der Waals surface area contributed by atoms with E-state index < -0.39 is 10.0 Å². The van der Waals surface area contributed by atoms with Crippen molar-refractivity contribution in [3.8, 4) is 5.75 Å². The lowest BCUT2D eigenvalue weighted by Gasteiger charge is -2.29. The number of rotatable bonds is 6. The van der Waals surface area contributed by atoms with Crippen LogP contribution in [0.4, 0.5) is 0 Å². The molecule has 30 heavy (non-hydrogen) atoms. The van der Waals surface area contributed by atoms with Crippen molar-refractivity contribution in [3.05, 3.63) is 47.7 Å². The summed E-state index contributed by atoms with van der Waals surface area (Å²) >= 11 is 0. The Balaban J connectivity index is 1.37. The number of ether oxygens (including phenoxy) is 2. The van der Waals surface area contributed by atoms with Crippen LogP contribution in [0, 0.1) is 0 Å². The molecule has 0 saturated carbocycles. The average Bonchev–Trinajstić information content (AvgIpc) is 3.47. The maximum atomic E-state index is 12.7. The maximum absolute atomic E-state index is 12.7. The Bertz CT molecular complexity index is 1010. The van der Waals surface area contributed by atoms with Crippen LogP contribution in [0.5, 0.6) is 5.75 Å². The summed E-state index contributed by atoms with van der Waals surface area (Å²) in [4.78, 5) is 14.4. The van der Waals surface area contributed by atoms with Crippen molar-refractivity contribution < 1.29 is 27.1 Å². The lowest BCUT2D eigenvalue weighted by atomic mass is 10.0. The standard InChI is InChI=1S/C21H26N2O6S/c1-21(2)14-27-15-23(21)20(24)16-5-7-17(8-6-16)28-13-18-9-10-19(29-18)30(25,26)22-11-3-4-12-22/h5-10H,3-4,11-15H2,1-2H3. The van der Waals surface area contributed by atoms with Crippen molar-refractivity contribution >= 4 is 15.9 Å². The van der Waals surface area contributed by atoms with Gasteiger partial charge in [0.05, 0.1) is 12.1 Å². The van der Waals surface area contributed by atoms with Gasteiger partial charge in [0, 0.05) is 18.7 Å². The predicted octanol–water partition coefficient (Wildman–Crippen LogP) is 2.85. The third-order valence-corrected chi connectivity index (χ3v) is 7.20. The first kappa shape index (κ1) is 20.9. The van der Waals surface area contributed by atoms with Gasteiger partial charge >= 0.3 is 0 Å². The van der Waals surface area contributed by atoms with E-state index in [1.54, 1.807) is 35.2 Å². The van der Waals surface area contributed by atoms with Gasteiger partial charge in [-0.1, -0.05) is 0 Å². The van der Waals surface area contributed by atoms with Crippen molar-refractivity contribution in [2.45, 2.75) is 43.9 Å². The molecule has 162 valence electrons. The third kappa shape index (κ3) is 4.10. The van der Waals surface area contributed by atoms with Crippen LogP contribution in [0.1, 0.15) is 42.8 Å². The second-order valence-electron chi connectivity index (χ2n) is 8.17. The number of furan rings is 1. The molecule has 0 N–H and O–H groups in total. The number of nitrogens with zero attached hydrogens (tertiary/aromatic N) is 2. The van der Waals surface area contributed by atoms with E-state index in [0.29, 0.717) is 36.8 Å². The Labute approximate surface area is 176 Å². The molecule has 9 heteroatoms. The summed E-state index contributed by atoms with van der Waals surface area (Å²) in [6, 6.07) is 9.91. The Kier molecular flexibility index (Phi) is 5.61. The van der Waals surface area contributed by atoms with Gasteiger partial charge in [-0.3, -0.25) is 4.79 Å². The summed E-state index contributed by atoms with van der Waals surface area (Å²) in [5.41, 5.74) is 0.219. The first-order valence-electron chi connectivity index (χ1n) is 9.99. The van der Waals surface area contributed by atoms with E-state index in [1.807, 2.05) is 13.8 Å². The summed E-state index contributed by atoms with van der Waals surface area (Å²) in [7, 11) is -3.57. The third-order valence-electron chi connectivity index (χ3n) is 5.43. The molecule has 0 aliphatic carbocycles. The number of hydrogen-bond donors (Lipinski definition) is 0. The predicted molar refractivity (Wildman–Crippen MR) is 109 cm³/mol. The molecule has 2 saturated heterocycles. The number of sulfonamides is 1. The second kappa shape index (κ2) is 8.05. The normalized spacial score (nSPS) is 19.3. The summed E-state index contributed by atoms with van der Waals surface area (Å²) < 4.78 is 43.1. The molecule has 1 aromatic carbocycles. The zero-order valence-electron chi connectivity index (χ0n) is 17.2. The fourth-order valence-corrected chi connectivity index (χ4v) is 5.05. The fourth-order valence-electron chi connectivity index (χ4n) is 3.61. The molecule has 2 fully saturated rings. The van der Waals surface area contributed by atoms with Crippen molar-refractivity contribution in [3.63, 3.8) is 0 Å². The molecule has 0 unspecified atom stereocenters. The molecule has 2 aliphatic rings. The fraction of sp³-hybridized carbons (Fsp3) is 0.476. The highest BCUT2D eigenvalue weighted by molar-refractivity contribution is 7.89. The topological polar surface area (TPSA) is 89.3 Å². The molecule has 4 rings (SSSR count). The molecule has 0 radical (unpaired) electrons. The molecule has 3 heterocycles. The van der Waals surface area contributed by atoms with Crippen LogP contribution in [0.3, 0.4) is 0 Å². The molecule has 1 aromatic heterocycles. The van der Waals surface area contributed by atoms with Gasteiger partial charge in [0.1, 0.15) is 24.8 Å². The van der Waals surface area contributed by atoms with Crippen LogP contribution in [0.15, 0.2) is 45.9 Å². The second-order valence-corrected chi connectivity index (χ2v) is 10.0. The van der Waals surface area contributed by atoms with Crippen molar-refractivity contribution in [2.24, 2.45) is 0 Å². The van der Waals surface area contributed by atoms with Gasteiger partial charge in [-0.2, -0.15) is 4.31 Å². The Morgan fingerprint density at radius 3 is 2.43 bits per heavy atom. The van der Waals surface area contributed by atoms with Crippen LogP contribution in [0.2, 0.25) is 0 Å². The van der Waals surface area contributed by atoms with E-state index in [9.17, 15) is 13.2 Å². The summed E-state index contributed by atoms with van der Waals surface area (Å²) in [5, 5.41) is -0.0561. The van der Waals surface area contributed by atoms with E-state index in [4.69, 9.17) is 13.9 Å². The van der Waals surface area contributed by atoms with Gasteiger partial charge in [-0.25, -0.2) is 8.42 Å². The number of amides is 1.